The molecule has 110 valence electrons. The van der Waals surface area contributed by atoms with E-state index in [9.17, 15) is 28.4 Å². The molecule has 8 heteroatoms. The molecule has 1 aliphatic heterocycles. The van der Waals surface area contributed by atoms with E-state index in [0.717, 1.165) is 0 Å². The van der Waals surface area contributed by atoms with Gasteiger partial charge in [-0.1, -0.05) is 0 Å². The normalized spacial score (nSPS) is 21.0. The van der Waals surface area contributed by atoms with E-state index < -0.39 is 23.2 Å². The van der Waals surface area contributed by atoms with Crippen LogP contribution in [0, 0.1) is 10.1 Å². The molecule has 2 rings (SSSR count). The number of rotatable bonds is 3. The number of nitrogens with zero attached hydrogens (tertiary/aromatic N) is 2. The van der Waals surface area contributed by atoms with Crippen molar-refractivity contribution in [3.63, 3.8) is 0 Å². The molecule has 1 aromatic carbocycles. The van der Waals surface area contributed by atoms with Gasteiger partial charge in [0, 0.05) is 24.4 Å². The van der Waals surface area contributed by atoms with Crippen LogP contribution in [0.5, 0.6) is 0 Å². The van der Waals surface area contributed by atoms with Gasteiger partial charge in [0.05, 0.1) is 11.0 Å². The molecule has 1 saturated heterocycles. The van der Waals surface area contributed by atoms with E-state index in [0.29, 0.717) is 18.7 Å². The Morgan fingerprint density at radius 2 is 1.95 bits per heavy atom. The van der Waals surface area contributed by atoms with Crippen LogP contribution >= 0.6 is 0 Å². The highest BCUT2D eigenvalue weighted by Crippen LogP contribution is 2.34. The van der Waals surface area contributed by atoms with E-state index in [4.69, 9.17) is 0 Å². The Bertz CT molecular complexity index is 490. The number of hydrogen-bond donors (Lipinski definition) is 1. The van der Waals surface area contributed by atoms with Crippen molar-refractivity contribution in [1.82, 2.24) is 0 Å². The molecule has 1 aromatic rings. The van der Waals surface area contributed by atoms with Gasteiger partial charge < -0.3 is 10.0 Å². The Kier molecular flexibility index (Phi) is 3.85. The molecule has 1 heterocycles. The summed E-state index contributed by atoms with van der Waals surface area (Å²) in [7, 11) is 0. The molecule has 0 spiro atoms. The van der Waals surface area contributed by atoms with Crippen LogP contribution in [0.25, 0.3) is 0 Å². The number of nitro groups is 1. The highest BCUT2D eigenvalue weighted by Gasteiger charge is 2.47. The van der Waals surface area contributed by atoms with Crippen molar-refractivity contribution in [3.05, 3.63) is 34.4 Å². The maximum Gasteiger partial charge on any atom is 0.416 e. The Morgan fingerprint density at radius 3 is 2.45 bits per heavy atom. The van der Waals surface area contributed by atoms with E-state index in [1.165, 1.54) is 29.2 Å². The van der Waals surface area contributed by atoms with Crippen LogP contribution in [-0.2, 0) is 0 Å². The van der Waals surface area contributed by atoms with Gasteiger partial charge >= 0.3 is 6.18 Å². The predicted molar refractivity (Wildman–Crippen MR) is 65.5 cm³/mol. The molecule has 1 N–H and O–H groups in total. The first-order valence-electron chi connectivity index (χ1n) is 6.06. The van der Waals surface area contributed by atoms with Gasteiger partial charge in [-0.25, -0.2) is 0 Å². The first kappa shape index (κ1) is 14.6. The second kappa shape index (κ2) is 5.28. The molecule has 0 radical (unpaired) electrons. The molecule has 0 aromatic heterocycles. The average molecular weight is 290 g/mol. The third-order valence-corrected chi connectivity index (χ3v) is 3.39. The van der Waals surface area contributed by atoms with Crippen LogP contribution in [0.1, 0.15) is 12.8 Å². The molecular formula is C12H13F3N2O3. The van der Waals surface area contributed by atoms with E-state index in [1.807, 2.05) is 0 Å². The second-order valence-electron chi connectivity index (χ2n) is 4.66. The van der Waals surface area contributed by atoms with Crippen LogP contribution in [0.2, 0.25) is 0 Å². The molecule has 1 fully saturated rings. The van der Waals surface area contributed by atoms with Crippen molar-refractivity contribution < 1.29 is 23.2 Å². The third-order valence-electron chi connectivity index (χ3n) is 3.39. The van der Waals surface area contributed by atoms with Crippen molar-refractivity contribution >= 4 is 11.4 Å². The Labute approximate surface area is 112 Å². The summed E-state index contributed by atoms with van der Waals surface area (Å²) >= 11 is 0. The molecule has 0 aliphatic carbocycles. The topological polar surface area (TPSA) is 66.6 Å². The van der Waals surface area contributed by atoms with Crippen LogP contribution in [0.3, 0.4) is 0 Å². The summed E-state index contributed by atoms with van der Waals surface area (Å²) in [6, 6.07) is 4.24. The zero-order valence-electron chi connectivity index (χ0n) is 10.4. The standard InChI is InChI=1S/C12H13F3N2O3/c13-12(14,15)11(18)10-2-1-7-16(10)8-3-5-9(6-4-8)17(19)20/h3-6,10-11,18H,1-2,7H2/t10-,11+/m0/s1. The molecule has 1 aliphatic rings. The van der Waals surface area contributed by atoms with Gasteiger partial charge in [-0.15, -0.1) is 0 Å². The highest BCUT2D eigenvalue weighted by atomic mass is 19.4. The summed E-state index contributed by atoms with van der Waals surface area (Å²) in [5.41, 5.74) is 0.322. The van der Waals surface area contributed by atoms with Gasteiger partial charge in [0.1, 0.15) is 0 Å². The summed E-state index contributed by atoms with van der Waals surface area (Å²) < 4.78 is 37.8. The predicted octanol–water partition coefficient (Wildman–Crippen LogP) is 2.49. The van der Waals surface area contributed by atoms with Gasteiger partial charge in [-0.2, -0.15) is 13.2 Å². The Balaban J connectivity index is 2.20. The lowest BCUT2D eigenvalue weighted by Crippen LogP contribution is -2.47. The van der Waals surface area contributed by atoms with Crippen molar-refractivity contribution in [2.75, 3.05) is 11.4 Å². The fourth-order valence-electron chi connectivity index (χ4n) is 2.43. The lowest BCUT2D eigenvalue weighted by Gasteiger charge is -2.31. The van der Waals surface area contributed by atoms with Crippen LogP contribution in [0.15, 0.2) is 24.3 Å². The number of aliphatic hydroxyl groups is 1. The van der Waals surface area contributed by atoms with E-state index in [1.54, 1.807) is 0 Å². The van der Waals surface area contributed by atoms with Crippen molar-refractivity contribution in [1.29, 1.82) is 0 Å². The minimum Gasteiger partial charge on any atom is -0.382 e. The van der Waals surface area contributed by atoms with Crippen LogP contribution < -0.4 is 4.90 Å². The zero-order valence-corrected chi connectivity index (χ0v) is 10.4. The van der Waals surface area contributed by atoms with Gasteiger partial charge in [0.25, 0.3) is 5.69 Å². The summed E-state index contributed by atoms with van der Waals surface area (Å²) in [6.07, 6.45) is -6.32. The van der Waals surface area contributed by atoms with Crippen LogP contribution in [0.4, 0.5) is 24.5 Å². The number of nitro benzene ring substituents is 1. The second-order valence-corrected chi connectivity index (χ2v) is 4.66. The fourth-order valence-corrected chi connectivity index (χ4v) is 2.43. The van der Waals surface area contributed by atoms with Crippen molar-refractivity contribution in [2.45, 2.75) is 31.2 Å². The van der Waals surface area contributed by atoms with Crippen molar-refractivity contribution in [3.8, 4) is 0 Å². The van der Waals surface area contributed by atoms with Gasteiger partial charge in [-0.3, -0.25) is 10.1 Å². The minimum absolute atomic E-state index is 0.124. The molecule has 2 atom stereocenters. The first-order valence-corrected chi connectivity index (χ1v) is 6.06. The van der Waals surface area contributed by atoms with E-state index in [-0.39, 0.29) is 12.1 Å². The number of aliphatic hydroxyl groups excluding tert-OH is 1. The third kappa shape index (κ3) is 2.84. The summed E-state index contributed by atoms with van der Waals surface area (Å²) in [5, 5.41) is 19.9. The van der Waals surface area contributed by atoms with E-state index in [2.05, 4.69) is 0 Å². The summed E-state index contributed by atoms with van der Waals surface area (Å²) in [6.45, 7) is 0.385. The zero-order chi connectivity index (χ0) is 14.9. The smallest absolute Gasteiger partial charge is 0.382 e. The number of non-ortho nitro benzene ring substituents is 1. The average Bonchev–Trinajstić information content (AvgIpc) is 2.85. The largest absolute Gasteiger partial charge is 0.416 e. The lowest BCUT2D eigenvalue weighted by atomic mass is 10.1. The molecule has 20 heavy (non-hydrogen) atoms. The van der Waals surface area contributed by atoms with E-state index >= 15 is 0 Å². The monoisotopic (exact) mass is 290 g/mol. The maximum atomic E-state index is 12.6. The van der Waals surface area contributed by atoms with Gasteiger partial charge in [-0.05, 0) is 25.0 Å². The van der Waals surface area contributed by atoms with Crippen molar-refractivity contribution in [2.24, 2.45) is 0 Å². The molecule has 0 bridgehead atoms. The Morgan fingerprint density at radius 1 is 1.35 bits per heavy atom. The Hall–Kier alpha value is -1.83. The number of hydrogen-bond acceptors (Lipinski definition) is 4. The highest BCUT2D eigenvalue weighted by molar-refractivity contribution is 5.52. The number of benzene rings is 1. The fraction of sp³-hybridized carbons (Fsp3) is 0.500. The number of halogens is 3. The quantitative estimate of drug-likeness (QED) is 0.686. The molecule has 0 unspecified atom stereocenters. The van der Waals surface area contributed by atoms with Gasteiger partial charge in [0.15, 0.2) is 6.10 Å². The summed E-state index contributed by atoms with van der Waals surface area (Å²) in [5.74, 6) is 0. The summed E-state index contributed by atoms with van der Waals surface area (Å²) in [4.78, 5) is 11.4. The van der Waals surface area contributed by atoms with Crippen LogP contribution in [-0.4, -0.2) is 34.9 Å². The minimum atomic E-state index is -4.67. The van der Waals surface area contributed by atoms with Gasteiger partial charge in [0.2, 0.25) is 0 Å². The lowest BCUT2D eigenvalue weighted by molar-refractivity contribution is -0.384. The number of alkyl halides is 3. The molecule has 5 nitrogen and oxygen atoms in total. The first-order chi connectivity index (χ1) is 9.30. The SMILES string of the molecule is O=[N+]([O-])c1ccc(N2CCC[C@H]2[C@@H](O)C(F)(F)F)cc1. The maximum absolute atomic E-state index is 12.6. The molecular weight excluding hydrogens is 277 g/mol. The molecule has 0 amide bonds. The number of anilines is 1. The molecule has 0 saturated carbocycles.